The summed E-state index contributed by atoms with van der Waals surface area (Å²) in [6.07, 6.45) is 3.98. The summed E-state index contributed by atoms with van der Waals surface area (Å²) < 4.78 is 5.80. The first-order valence-electron chi connectivity index (χ1n) is 10.1. The minimum Gasteiger partial charge on any atom is -0.479 e. The van der Waals surface area contributed by atoms with Crippen molar-refractivity contribution in [1.82, 2.24) is 10.2 Å². The number of hydrogen-bond acceptors (Lipinski definition) is 3. The van der Waals surface area contributed by atoms with Crippen molar-refractivity contribution in [3.05, 3.63) is 64.7 Å². The fraction of sp³-hybridized carbons (Fsp3) is 0.435. The monoisotopic (exact) mass is 400 g/mol. The van der Waals surface area contributed by atoms with Crippen molar-refractivity contribution >= 4 is 17.5 Å². The Morgan fingerprint density at radius 3 is 2.43 bits per heavy atom. The maximum absolute atomic E-state index is 12.5. The molecule has 2 aromatic rings. The molecule has 1 amide bonds. The van der Waals surface area contributed by atoms with Gasteiger partial charge in [0.05, 0.1) is 5.02 Å². The van der Waals surface area contributed by atoms with Gasteiger partial charge in [0.1, 0.15) is 5.75 Å². The fourth-order valence-corrected chi connectivity index (χ4v) is 3.64. The van der Waals surface area contributed by atoms with Crippen LogP contribution in [0, 0.1) is 0 Å². The third kappa shape index (κ3) is 5.98. The lowest BCUT2D eigenvalue weighted by Gasteiger charge is -2.26. The number of rotatable bonds is 8. The van der Waals surface area contributed by atoms with Crippen molar-refractivity contribution in [3.8, 4) is 5.75 Å². The van der Waals surface area contributed by atoms with Gasteiger partial charge in [-0.3, -0.25) is 9.69 Å². The van der Waals surface area contributed by atoms with Gasteiger partial charge in [-0.1, -0.05) is 61.3 Å². The van der Waals surface area contributed by atoms with E-state index in [9.17, 15) is 4.79 Å². The molecule has 0 bridgehead atoms. The molecule has 3 rings (SSSR count). The molecule has 1 unspecified atom stereocenters. The maximum Gasteiger partial charge on any atom is 0.261 e. The summed E-state index contributed by atoms with van der Waals surface area (Å²) in [5.74, 6) is 0.410. The Kier molecular flexibility index (Phi) is 7.75. The predicted molar refractivity (Wildman–Crippen MR) is 114 cm³/mol. The molecular weight excluding hydrogens is 372 g/mol. The van der Waals surface area contributed by atoms with Crippen LogP contribution in [0.1, 0.15) is 43.7 Å². The van der Waals surface area contributed by atoms with Crippen LogP contribution < -0.4 is 10.1 Å². The number of halogens is 1. The highest BCUT2D eigenvalue weighted by Crippen LogP contribution is 2.24. The number of benzene rings is 2. The molecule has 1 heterocycles. The Labute approximate surface area is 172 Å². The number of ether oxygens (including phenoxy) is 1. The number of carbonyl (C=O) groups is 1. The van der Waals surface area contributed by atoms with Gasteiger partial charge in [0.15, 0.2) is 6.10 Å². The SMILES string of the molecule is CCC(Oc1ccccc1Cl)C(=O)NCc1ccc(CN2CCCCC2)cc1. The zero-order valence-electron chi connectivity index (χ0n) is 16.5. The van der Waals surface area contributed by atoms with E-state index in [1.165, 1.54) is 37.9 Å². The summed E-state index contributed by atoms with van der Waals surface area (Å²) >= 11 is 6.13. The van der Waals surface area contributed by atoms with E-state index in [0.29, 0.717) is 23.7 Å². The van der Waals surface area contributed by atoms with Gasteiger partial charge in [-0.25, -0.2) is 0 Å². The summed E-state index contributed by atoms with van der Waals surface area (Å²) in [7, 11) is 0. The Bertz CT molecular complexity index is 757. The maximum atomic E-state index is 12.5. The molecule has 0 radical (unpaired) electrons. The van der Waals surface area contributed by atoms with Crippen LogP contribution in [0.15, 0.2) is 48.5 Å². The number of amides is 1. The fourth-order valence-electron chi connectivity index (χ4n) is 3.46. The van der Waals surface area contributed by atoms with Gasteiger partial charge in [-0.05, 0) is 55.6 Å². The quantitative estimate of drug-likeness (QED) is 0.692. The minimum atomic E-state index is -0.557. The summed E-state index contributed by atoms with van der Waals surface area (Å²) in [5, 5.41) is 3.49. The van der Waals surface area contributed by atoms with E-state index in [1.807, 2.05) is 19.1 Å². The Morgan fingerprint density at radius 1 is 1.07 bits per heavy atom. The molecule has 1 aliphatic rings. The lowest BCUT2D eigenvalue weighted by Crippen LogP contribution is -2.37. The van der Waals surface area contributed by atoms with Crippen LogP contribution in [0.4, 0.5) is 0 Å². The Balaban J connectivity index is 1.49. The molecular formula is C23H29ClN2O2. The molecule has 0 aliphatic carbocycles. The van der Waals surface area contributed by atoms with E-state index in [-0.39, 0.29) is 5.91 Å². The van der Waals surface area contributed by atoms with E-state index in [1.54, 1.807) is 12.1 Å². The normalized spacial score (nSPS) is 15.8. The summed E-state index contributed by atoms with van der Waals surface area (Å²) in [5.41, 5.74) is 2.41. The first-order valence-corrected chi connectivity index (χ1v) is 10.5. The number of para-hydroxylation sites is 1. The Hall–Kier alpha value is -2.04. The van der Waals surface area contributed by atoms with Gasteiger partial charge < -0.3 is 10.1 Å². The number of nitrogens with zero attached hydrogens (tertiary/aromatic N) is 1. The summed E-state index contributed by atoms with van der Waals surface area (Å²) in [6.45, 7) is 5.82. The molecule has 28 heavy (non-hydrogen) atoms. The molecule has 1 aliphatic heterocycles. The molecule has 5 heteroatoms. The minimum absolute atomic E-state index is 0.125. The molecule has 1 atom stereocenters. The largest absolute Gasteiger partial charge is 0.479 e. The third-order valence-corrected chi connectivity index (χ3v) is 5.43. The highest BCUT2D eigenvalue weighted by Gasteiger charge is 2.19. The molecule has 1 fully saturated rings. The van der Waals surface area contributed by atoms with Crippen LogP contribution in [0.2, 0.25) is 5.02 Å². The van der Waals surface area contributed by atoms with Crippen LogP contribution >= 0.6 is 11.6 Å². The average molecular weight is 401 g/mol. The van der Waals surface area contributed by atoms with Gasteiger partial charge in [-0.15, -0.1) is 0 Å². The van der Waals surface area contributed by atoms with Crippen molar-refractivity contribution in [2.24, 2.45) is 0 Å². The van der Waals surface area contributed by atoms with E-state index < -0.39 is 6.10 Å². The Morgan fingerprint density at radius 2 is 1.75 bits per heavy atom. The molecule has 0 aromatic heterocycles. The third-order valence-electron chi connectivity index (χ3n) is 5.11. The molecule has 1 saturated heterocycles. The van der Waals surface area contributed by atoms with Crippen molar-refractivity contribution in [3.63, 3.8) is 0 Å². The first kappa shape index (κ1) is 20.7. The molecule has 1 N–H and O–H groups in total. The number of likely N-dealkylation sites (tertiary alicyclic amines) is 1. The van der Waals surface area contributed by atoms with E-state index >= 15 is 0 Å². The molecule has 150 valence electrons. The second-order valence-corrected chi connectivity index (χ2v) is 7.72. The van der Waals surface area contributed by atoms with Crippen molar-refractivity contribution < 1.29 is 9.53 Å². The zero-order chi connectivity index (χ0) is 19.8. The average Bonchev–Trinajstić information content (AvgIpc) is 2.73. The molecule has 0 spiro atoms. The van der Waals surface area contributed by atoms with Gasteiger partial charge in [0.2, 0.25) is 0 Å². The van der Waals surface area contributed by atoms with Gasteiger partial charge in [-0.2, -0.15) is 0 Å². The highest BCUT2D eigenvalue weighted by molar-refractivity contribution is 6.32. The predicted octanol–water partition coefficient (Wildman–Crippen LogP) is 4.80. The molecule has 4 nitrogen and oxygen atoms in total. The summed E-state index contributed by atoms with van der Waals surface area (Å²) in [4.78, 5) is 15.0. The van der Waals surface area contributed by atoms with Crippen LogP contribution in [0.25, 0.3) is 0 Å². The number of nitrogens with one attached hydrogen (secondary N) is 1. The smallest absolute Gasteiger partial charge is 0.261 e. The van der Waals surface area contributed by atoms with Crippen molar-refractivity contribution in [1.29, 1.82) is 0 Å². The molecule has 0 saturated carbocycles. The van der Waals surface area contributed by atoms with Gasteiger partial charge >= 0.3 is 0 Å². The number of piperidine rings is 1. The van der Waals surface area contributed by atoms with E-state index in [4.69, 9.17) is 16.3 Å². The topological polar surface area (TPSA) is 41.6 Å². The summed E-state index contributed by atoms with van der Waals surface area (Å²) in [6, 6.07) is 15.7. The van der Waals surface area contributed by atoms with Gasteiger partial charge in [0, 0.05) is 13.1 Å². The van der Waals surface area contributed by atoms with E-state index in [2.05, 4.69) is 34.5 Å². The molecule has 2 aromatic carbocycles. The standard InChI is InChI=1S/C23H29ClN2O2/c1-2-21(28-22-9-5-4-8-20(22)24)23(27)25-16-18-10-12-19(13-11-18)17-26-14-6-3-7-15-26/h4-5,8-13,21H,2-3,6-7,14-17H2,1H3,(H,25,27). The highest BCUT2D eigenvalue weighted by atomic mass is 35.5. The van der Waals surface area contributed by atoms with Crippen molar-refractivity contribution in [2.45, 2.75) is 51.8 Å². The first-order chi connectivity index (χ1) is 13.7. The second-order valence-electron chi connectivity index (χ2n) is 7.32. The number of carbonyl (C=O) groups excluding carboxylic acids is 1. The number of hydrogen-bond donors (Lipinski definition) is 1. The lowest BCUT2D eigenvalue weighted by molar-refractivity contribution is -0.128. The van der Waals surface area contributed by atoms with Crippen LogP contribution in [0.3, 0.4) is 0 Å². The van der Waals surface area contributed by atoms with E-state index in [0.717, 1.165) is 12.1 Å². The second kappa shape index (κ2) is 10.5. The van der Waals surface area contributed by atoms with Crippen LogP contribution in [-0.2, 0) is 17.9 Å². The van der Waals surface area contributed by atoms with Crippen LogP contribution in [-0.4, -0.2) is 30.0 Å². The zero-order valence-corrected chi connectivity index (χ0v) is 17.3. The lowest BCUT2D eigenvalue weighted by atomic mass is 10.1. The van der Waals surface area contributed by atoms with Crippen LogP contribution in [0.5, 0.6) is 5.75 Å². The van der Waals surface area contributed by atoms with Crippen molar-refractivity contribution in [2.75, 3.05) is 13.1 Å². The van der Waals surface area contributed by atoms with Gasteiger partial charge in [0.25, 0.3) is 5.91 Å².